The molecule has 0 bridgehead atoms. The maximum absolute atomic E-state index is 14.3. The second-order valence-corrected chi connectivity index (χ2v) is 8.66. The van der Waals surface area contributed by atoms with Crippen LogP contribution in [0.25, 0.3) is 0 Å². The number of nitrogens with zero attached hydrogens (tertiary/aromatic N) is 1. The first-order valence-electron chi connectivity index (χ1n) is 10.0. The standard InChI is InChI=1S/C22H24ClF2N3O3/c1-2-17(8-19(26)29)27-20(30)18-7-16(25)12-28(18)21(31)22(9-13(10-22)11-24)14-3-5-15(23)6-4-14/h1,3-6,13,16-18H,7-12H2,(H2,26,29)(H,27,30)/t13?,16-,17-,18+,22?/m1/s1. The van der Waals surface area contributed by atoms with Crippen molar-refractivity contribution in [2.45, 2.75) is 49.4 Å². The van der Waals surface area contributed by atoms with Gasteiger partial charge in [-0.05, 0) is 36.5 Å². The normalized spacial score (nSPS) is 28.3. The first kappa shape index (κ1) is 23.0. The maximum Gasteiger partial charge on any atom is 0.243 e. The van der Waals surface area contributed by atoms with Gasteiger partial charge in [-0.3, -0.25) is 18.8 Å². The Morgan fingerprint density at radius 3 is 2.52 bits per heavy atom. The van der Waals surface area contributed by atoms with Gasteiger partial charge in [0.2, 0.25) is 17.7 Å². The molecule has 1 saturated heterocycles. The number of rotatable bonds is 7. The minimum absolute atomic E-state index is 0.186. The van der Waals surface area contributed by atoms with E-state index < -0.39 is 48.1 Å². The van der Waals surface area contributed by atoms with Crippen LogP contribution in [-0.2, 0) is 19.8 Å². The molecule has 1 saturated carbocycles. The molecule has 1 heterocycles. The Balaban J connectivity index is 1.84. The van der Waals surface area contributed by atoms with Gasteiger partial charge in [0.15, 0.2) is 0 Å². The average Bonchev–Trinajstić information content (AvgIpc) is 3.09. The second-order valence-electron chi connectivity index (χ2n) is 8.22. The zero-order valence-corrected chi connectivity index (χ0v) is 17.6. The molecule has 1 aromatic rings. The van der Waals surface area contributed by atoms with Gasteiger partial charge in [-0.25, -0.2) is 4.39 Å². The second kappa shape index (κ2) is 9.23. The highest BCUT2D eigenvalue weighted by molar-refractivity contribution is 6.30. The molecular weight excluding hydrogens is 428 g/mol. The topological polar surface area (TPSA) is 92.5 Å². The number of terminal acetylenes is 1. The zero-order valence-electron chi connectivity index (χ0n) is 16.8. The lowest BCUT2D eigenvalue weighted by Crippen LogP contribution is -2.58. The minimum atomic E-state index is -1.39. The minimum Gasteiger partial charge on any atom is -0.370 e. The van der Waals surface area contributed by atoms with Crippen LogP contribution in [0.5, 0.6) is 0 Å². The molecule has 2 aliphatic rings. The van der Waals surface area contributed by atoms with Crippen LogP contribution in [0.2, 0.25) is 5.02 Å². The fraction of sp³-hybridized carbons (Fsp3) is 0.500. The van der Waals surface area contributed by atoms with E-state index in [0.29, 0.717) is 10.6 Å². The summed E-state index contributed by atoms with van der Waals surface area (Å²) in [5.74, 6) is 0.209. The molecule has 166 valence electrons. The quantitative estimate of drug-likeness (QED) is 0.620. The predicted molar refractivity (Wildman–Crippen MR) is 111 cm³/mol. The number of hydrogen-bond donors (Lipinski definition) is 2. The van der Waals surface area contributed by atoms with Crippen LogP contribution in [0.1, 0.15) is 31.2 Å². The van der Waals surface area contributed by atoms with Crippen LogP contribution in [0.3, 0.4) is 0 Å². The highest BCUT2D eigenvalue weighted by Crippen LogP contribution is 2.50. The molecule has 1 aliphatic heterocycles. The zero-order chi connectivity index (χ0) is 22.8. The van der Waals surface area contributed by atoms with Crippen LogP contribution in [0, 0.1) is 18.3 Å². The Morgan fingerprint density at radius 1 is 1.32 bits per heavy atom. The summed E-state index contributed by atoms with van der Waals surface area (Å²) in [5, 5.41) is 2.98. The third-order valence-electron chi connectivity index (χ3n) is 6.04. The van der Waals surface area contributed by atoms with Gasteiger partial charge in [0.1, 0.15) is 12.2 Å². The molecule has 0 spiro atoms. The Morgan fingerprint density at radius 2 is 1.97 bits per heavy atom. The molecule has 2 fully saturated rings. The van der Waals surface area contributed by atoms with Gasteiger partial charge in [-0.2, -0.15) is 0 Å². The lowest BCUT2D eigenvalue weighted by atomic mass is 9.58. The lowest BCUT2D eigenvalue weighted by Gasteiger charge is -2.48. The number of benzene rings is 1. The number of primary amides is 1. The molecule has 6 nitrogen and oxygen atoms in total. The molecule has 3 rings (SSSR count). The van der Waals surface area contributed by atoms with Crippen LogP contribution in [0.15, 0.2) is 24.3 Å². The van der Waals surface area contributed by atoms with Crippen LogP contribution >= 0.6 is 11.6 Å². The predicted octanol–water partition coefficient (Wildman–Crippen LogP) is 1.89. The van der Waals surface area contributed by atoms with Crippen molar-refractivity contribution in [2.75, 3.05) is 13.2 Å². The van der Waals surface area contributed by atoms with Gasteiger partial charge >= 0.3 is 0 Å². The Labute approximate surface area is 184 Å². The van der Waals surface area contributed by atoms with Crippen molar-refractivity contribution in [3.05, 3.63) is 34.9 Å². The molecule has 31 heavy (non-hydrogen) atoms. The Bertz CT molecular complexity index is 896. The van der Waals surface area contributed by atoms with Crippen molar-refractivity contribution in [1.82, 2.24) is 10.2 Å². The number of carbonyl (C=O) groups is 3. The van der Waals surface area contributed by atoms with Gasteiger partial charge in [0, 0.05) is 11.4 Å². The van der Waals surface area contributed by atoms with Crippen molar-refractivity contribution in [3.63, 3.8) is 0 Å². The number of carbonyl (C=O) groups excluding carboxylic acids is 3. The van der Waals surface area contributed by atoms with E-state index >= 15 is 0 Å². The van der Waals surface area contributed by atoms with Gasteiger partial charge in [0.05, 0.1) is 31.1 Å². The van der Waals surface area contributed by atoms with Crippen LogP contribution < -0.4 is 11.1 Å². The van der Waals surface area contributed by atoms with E-state index in [1.807, 2.05) is 0 Å². The number of alkyl halides is 2. The first-order valence-corrected chi connectivity index (χ1v) is 10.4. The summed E-state index contributed by atoms with van der Waals surface area (Å²) in [6.07, 6.45) is 4.02. The van der Waals surface area contributed by atoms with E-state index in [2.05, 4.69) is 11.2 Å². The first-order chi connectivity index (χ1) is 14.7. The number of halogens is 3. The summed E-state index contributed by atoms with van der Waals surface area (Å²) in [6, 6.07) is 4.65. The third-order valence-corrected chi connectivity index (χ3v) is 6.29. The summed E-state index contributed by atoms with van der Waals surface area (Å²) >= 11 is 5.96. The van der Waals surface area contributed by atoms with E-state index in [1.54, 1.807) is 24.3 Å². The van der Waals surface area contributed by atoms with E-state index in [0.717, 1.165) is 0 Å². The fourth-order valence-electron chi connectivity index (χ4n) is 4.49. The average molecular weight is 452 g/mol. The number of nitrogens with one attached hydrogen (secondary N) is 1. The molecule has 1 aliphatic carbocycles. The lowest BCUT2D eigenvalue weighted by molar-refractivity contribution is -0.148. The molecule has 9 heteroatoms. The van der Waals surface area contributed by atoms with Gasteiger partial charge in [-0.15, -0.1) is 6.42 Å². The summed E-state index contributed by atoms with van der Waals surface area (Å²) in [4.78, 5) is 38.7. The summed E-state index contributed by atoms with van der Waals surface area (Å²) in [7, 11) is 0. The molecule has 0 radical (unpaired) electrons. The number of nitrogens with two attached hydrogens (primary N) is 1. The van der Waals surface area contributed by atoms with E-state index in [4.69, 9.17) is 23.8 Å². The van der Waals surface area contributed by atoms with E-state index in [1.165, 1.54) is 4.90 Å². The SMILES string of the molecule is C#C[C@H](CC(N)=O)NC(=O)[C@@H]1C[C@@H](F)CN1C(=O)C1(c2ccc(Cl)cc2)CC(CF)C1. The summed E-state index contributed by atoms with van der Waals surface area (Å²) in [5.41, 5.74) is 4.75. The molecule has 3 amide bonds. The number of hydrogen-bond acceptors (Lipinski definition) is 3. The van der Waals surface area contributed by atoms with Crippen molar-refractivity contribution in [3.8, 4) is 12.3 Å². The van der Waals surface area contributed by atoms with Crippen molar-refractivity contribution < 1.29 is 23.2 Å². The third kappa shape index (κ3) is 4.67. The van der Waals surface area contributed by atoms with E-state index in [9.17, 15) is 23.2 Å². The maximum atomic E-state index is 14.3. The Hall–Kier alpha value is -2.66. The molecule has 0 unspecified atom stereocenters. The van der Waals surface area contributed by atoms with Crippen molar-refractivity contribution in [1.29, 1.82) is 0 Å². The smallest absolute Gasteiger partial charge is 0.243 e. The molecule has 1 aromatic carbocycles. The Kier molecular flexibility index (Phi) is 6.85. The van der Waals surface area contributed by atoms with Crippen LogP contribution in [0.4, 0.5) is 8.78 Å². The highest BCUT2D eigenvalue weighted by Gasteiger charge is 2.55. The monoisotopic (exact) mass is 451 g/mol. The number of amides is 3. The van der Waals surface area contributed by atoms with Gasteiger partial charge < -0.3 is 16.0 Å². The fourth-order valence-corrected chi connectivity index (χ4v) is 4.62. The van der Waals surface area contributed by atoms with Gasteiger partial charge in [-0.1, -0.05) is 29.7 Å². The van der Waals surface area contributed by atoms with Crippen molar-refractivity contribution in [2.24, 2.45) is 11.7 Å². The molecule has 3 N–H and O–H groups in total. The van der Waals surface area contributed by atoms with E-state index in [-0.39, 0.29) is 38.1 Å². The van der Waals surface area contributed by atoms with Crippen molar-refractivity contribution >= 4 is 29.3 Å². The van der Waals surface area contributed by atoms with Gasteiger partial charge in [0.25, 0.3) is 0 Å². The largest absolute Gasteiger partial charge is 0.370 e. The molecule has 3 atom stereocenters. The summed E-state index contributed by atoms with van der Waals surface area (Å²) < 4.78 is 27.5. The molecule has 0 aromatic heterocycles. The molecular formula is C22H24ClF2N3O3. The summed E-state index contributed by atoms with van der Waals surface area (Å²) in [6.45, 7) is -0.807. The number of likely N-dealkylation sites (tertiary alicyclic amines) is 1. The highest BCUT2D eigenvalue weighted by atomic mass is 35.5. The van der Waals surface area contributed by atoms with Crippen LogP contribution in [-0.4, -0.2) is 54.1 Å².